The maximum atomic E-state index is 13.0. The number of carbonyl (C=O) groups is 2. The minimum absolute atomic E-state index is 0.0729. The van der Waals surface area contributed by atoms with Gasteiger partial charge in [-0.25, -0.2) is 4.79 Å². The van der Waals surface area contributed by atoms with E-state index in [1.165, 1.54) is 44.9 Å². The number of piperidine rings is 2. The lowest BCUT2D eigenvalue weighted by molar-refractivity contribution is -0.0175. The second-order valence-corrected chi connectivity index (χ2v) is 12.3. The highest BCUT2D eigenvalue weighted by Crippen LogP contribution is 2.39. The third kappa shape index (κ3) is 6.00. The number of rotatable bonds is 7. The Balaban J connectivity index is 1.10. The van der Waals surface area contributed by atoms with Crippen LogP contribution in [0.15, 0.2) is 24.3 Å². The average molecular weight is 510 g/mol. The van der Waals surface area contributed by atoms with Crippen LogP contribution in [0.2, 0.25) is 0 Å². The van der Waals surface area contributed by atoms with Gasteiger partial charge in [0.25, 0.3) is 5.91 Å². The zero-order valence-corrected chi connectivity index (χ0v) is 23.1. The van der Waals surface area contributed by atoms with E-state index in [9.17, 15) is 9.59 Å². The fourth-order valence-corrected chi connectivity index (χ4v) is 7.46. The Labute approximate surface area is 223 Å². The van der Waals surface area contributed by atoms with Crippen molar-refractivity contribution >= 4 is 12.0 Å². The molecule has 3 heterocycles. The molecule has 2 unspecified atom stereocenters. The third-order valence-corrected chi connectivity index (χ3v) is 9.84. The van der Waals surface area contributed by atoms with Gasteiger partial charge in [0.15, 0.2) is 0 Å². The number of carbonyl (C=O) groups excluding carboxylic acids is 2. The first-order valence-electron chi connectivity index (χ1n) is 15.0. The zero-order valence-electron chi connectivity index (χ0n) is 23.1. The molecule has 0 bridgehead atoms. The van der Waals surface area contributed by atoms with Gasteiger partial charge in [0, 0.05) is 57.2 Å². The number of nitrogens with zero attached hydrogens (tertiary/aromatic N) is 3. The number of hydrogen-bond acceptors (Lipinski definition) is 4. The zero-order chi connectivity index (χ0) is 25.8. The molecule has 3 saturated heterocycles. The molecule has 4 aliphatic rings. The van der Waals surface area contributed by atoms with Gasteiger partial charge in [-0.3, -0.25) is 9.69 Å². The van der Waals surface area contributed by atoms with Gasteiger partial charge >= 0.3 is 6.09 Å². The molecule has 5 rings (SSSR count). The molecule has 1 aromatic rings. The van der Waals surface area contributed by atoms with Crippen molar-refractivity contribution in [2.45, 2.75) is 96.1 Å². The van der Waals surface area contributed by atoms with E-state index in [-0.39, 0.29) is 17.6 Å². The van der Waals surface area contributed by atoms with Crippen LogP contribution in [0.25, 0.3) is 0 Å². The molecule has 0 radical (unpaired) electrons. The fourth-order valence-electron chi connectivity index (χ4n) is 7.46. The molecule has 6 heteroatoms. The highest BCUT2D eigenvalue weighted by Gasteiger charge is 2.48. The molecule has 3 aliphatic heterocycles. The van der Waals surface area contributed by atoms with Crippen molar-refractivity contribution in [3.8, 4) is 0 Å². The molecule has 1 aromatic carbocycles. The number of hydrogen-bond donors (Lipinski definition) is 0. The van der Waals surface area contributed by atoms with Crippen molar-refractivity contribution in [1.82, 2.24) is 14.7 Å². The van der Waals surface area contributed by atoms with Crippen LogP contribution in [0.5, 0.6) is 0 Å². The van der Waals surface area contributed by atoms with Crippen LogP contribution in [0.4, 0.5) is 4.79 Å². The molecule has 0 aromatic heterocycles. The largest absolute Gasteiger partial charge is 0.441 e. The van der Waals surface area contributed by atoms with Crippen molar-refractivity contribution < 1.29 is 14.3 Å². The van der Waals surface area contributed by atoms with Crippen LogP contribution in [-0.2, 0) is 4.74 Å². The Bertz CT molecular complexity index is 933. The van der Waals surface area contributed by atoms with Crippen LogP contribution < -0.4 is 0 Å². The van der Waals surface area contributed by atoms with Gasteiger partial charge in [-0.05, 0) is 49.7 Å². The molecular weight excluding hydrogens is 462 g/mol. The topological polar surface area (TPSA) is 53.1 Å². The molecule has 1 saturated carbocycles. The molecule has 204 valence electrons. The quantitative estimate of drug-likeness (QED) is 0.460. The van der Waals surface area contributed by atoms with Crippen molar-refractivity contribution in [2.24, 2.45) is 11.8 Å². The molecule has 2 atom stereocenters. The summed E-state index contributed by atoms with van der Waals surface area (Å²) in [4.78, 5) is 32.6. The van der Waals surface area contributed by atoms with Crippen LogP contribution in [0.1, 0.15) is 93.5 Å². The van der Waals surface area contributed by atoms with Gasteiger partial charge in [-0.2, -0.15) is 0 Å². The summed E-state index contributed by atoms with van der Waals surface area (Å²) in [6.07, 6.45) is 13.0. The summed E-state index contributed by atoms with van der Waals surface area (Å²) in [6.45, 7) is 9.58. The van der Waals surface area contributed by atoms with E-state index in [0.29, 0.717) is 12.0 Å². The minimum Gasteiger partial charge on any atom is -0.441 e. The molecule has 1 spiro atoms. The van der Waals surface area contributed by atoms with Gasteiger partial charge < -0.3 is 14.5 Å². The standard InChI is InChI=1S/C31H47N3O3/c1-3-4-10-25-11-6-7-12-26(25)22-34-23-31(37-30(34)36)16-20-32(21-17-31)27-14-18-33(19-15-27)29(35)28-13-8-5-9-24(28)2/h5,8-9,13,25-27H,3-4,6-7,10-12,14-23H2,1-2H3. The van der Waals surface area contributed by atoms with E-state index in [2.05, 4.69) is 16.7 Å². The van der Waals surface area contributed by atoms with E-state index in [0.717, 1.165) is 82.0 Å². The molecule has 2 amide bonds. The first-order chi connectivity index (χ1) is 18.0. The monoisotopic (exact) mass is 509 g/mol. The lowest BCUT2D eigenvalue weighted by Crippen LogP contribution is -2.53. The van der Waals surface area contributed by atoms with Crippen molar-refractivity contribution in [3.63, 3.8) is 0 Å². The molecule has 37 heavy (non-hydrogen) atoms. The number of ether oxygens (including phenoxy) is 1. The van der Waals surface area contributed by atoms with Crippen molar-refractivity contribution in [1.29, 1.82) is 0 Å². The molecule has 4 fully saturated rings. The van der Waals surface area contributed by atoms with Crippen molar-refractivity contribution in [2.75, 3.05) is 39.3 Å². The van der Waals surface area contributed by atoms with E-state index in [4.69, 9.17) is 4.74 Å². The summed E-state index contributed by atoms with van der Waals surface area (Å²) in [5, 5.41) is 0. The Kier molecular flexibility index (Phi) is 8.43. The fraction of sp³-hybridized carbons (Fsp3) is 0.742. The SMILES string of the molecule is CCCCC1CCCCC1CN1CC2(CCN(C3CCN(C(=O)c4ccccc4C)CC3)CC2)OC1=O. The molecule has 6 nitrogen and oxygen atoms in total. The number of unbranched alkanes of at least 4 members (excludes halogenated alkanes) is 1. The minimum atomic E-state index is -0.289. The predicted octanol–water partition coefficient (Wildman–Crippen LogP) is 5.88. The van der Waals surface area contributed by atoms with Gasteiger partial charge in [0.1, 0.15) is 5.60 Å². The maximum absolute atomic E-state index is 13.0. The molecule has 0 N–H and O–H groups in total. The number of likely N-dealkylation sites (tertiary alicyclic amines) is 2. The Morgan fingerprint density at radius 3 is 2.41 bits per heavy atom. The first-order valence-corrected chi connectivity index (χ1v) is 15.0. The van der Waals surface area contributed by atoms with E-state index in [1.807, 2.05) is 36.1 Å². The highest BCUT2D eigenvalue weighted by atomic mass is 16.6. The second-order valence-electron chi connectivity index (χ2n) is 12.3. The van der Waals surface area contributed by atoms with Crippen molar-refractivity contribution in [3.05, 3.63) is 35.4 Å². The summed E-state index contributed by atoms with van der Waals surface area (Å²) in [5.41, 5.74) is 1.59. The summed E-state index contributed by atoms with van der Waals surface area (Å²) in [6, 6.07) is 8.42. The third-order valence-electron chi connectivity index (χ3n) is 9.84. The van der Waals surface area contributed by atoms with Crippen LogP contribution in [-0.4, -0.2) is 77.6 Å². The van der Waals surface area contributed by atoms with Gasteiger partial charge in [-0.1, -0.05) is 63.6 Å². The number of aryl methyl sites for hydroxylation is 1. The van der Waals surface area contributed by atoms with Gasteiger partial charge in [0.2, 0.25) is 0 Å². The highest BCUT2D eigenvalue weighted by molar-refractivity contribution is 5.95. The van der Waals surface area contributed by atoms with Gasteiger partial charge in [0.05, 0.1) is 6.54 Å². The summed E-state index contributed by atoms with van der Waals surface area (Å²) < 4.78 is 6.11. The van der Waals surface area contributed by atoms with E-state index in [1.54, 1.807) is 0 Å². The second kappa shape index (κ2) is 11.8. The maximum Gasteiger partial charge on any atom is 0.410 e. The Hall–Kier alpha value is -2.08. The number of benzene rings is 1. The lowest BCUT2D eigenvalue weighted by atomic mass is 9.76. The van der Waals surface area contributed by atoms with E-state index < -0.39 is 0 Å². The van der Waals surface area contributed by atoms with Crippen LogP contribution in [0.3, 0.4) is 0 Å². The number of amides is 2. The summed E-state index contributed by atoms with van der Waals surface area (Å²) in [5.74, 6) is 1.60. The molecule has 1 aliphatic carbocycles. The summed E-state index contributed by atoms with van der Waals surface area (Å²) in [7, 11) is 0. The van der Waals surface area contributed by atoms with E-state index >= 15 is 0 Å². The van der Waals surface area contributed by atoms with Crippen LogP contribution >= 0.6 is 0 Å². The Morgan fingerprint density at radius 2 is 1.70 bits per heavy atom. The van der Waals surface area contributed by atoms with Gasteiger partial charge in [-0.15, -0.1) is 0 Å². The smallest absolute Gasteiger partial charge is 0.410 e. The molecular formula is C31H47N3O3. The summed E-state index contributed by atoms with van der Waals surface area (Å²) >= 11 is 0. The first kappa shape index (κ1) is 26.5. The normalized spacial score (nSPS) is 27.0. The van der Waals surface area contributed by atoms with Crippen LogP contribution in [0, 0.1) is 18.8 Å². The lowest BCUT2D eigenvalue weighted by Gasteiger charge is -2.44. The Morgan fingerprint density at radius 1 is 1.00 bits per heavy atom. The predicted molar refractivity (Wildman–Crippen MR) is 147 cm³/mol. The average Bonchev–Trinajstić information content (AvgIpc) is 3.22.